The number of rotatable bonds is 41. The second-order valence-corrected chi connectivity index (χ2v) is 16.2. The Labute approximate surface area is 310 Å². The molecule has 1 aromatic rings. The van der Waals surface area contributed by atoms with Crippen LogP contribution in [-0.4, -0.2) is 4.57 Å². The van der Waals surface area contributed by atoms with Gasteiger partial charge in [-0.25, -0.2) is 9.13 Å². The minimum Gasteiger partial charge on any atom is -0.234 e. The summed E-state index contributed by atoms with van der Waals surface area (Å²) in [6, 6.07) is 0. The van der Waals surface area contributed by atoms with Crippen LogP contribution in [-0.2, 0) is 19.5 Å². The van der Waals surface area contributed by atoms with E-state index in [-0.39, 0.29) is 0 Å². The molecule has 0 atom stereocenters. The Balaban J connectivity index is 2.22. The van der Waals surface area contributed by atoms with E-state index in [1.807, 2.05) is 0 Å². The minimum absolute atomic E-state index is 1.23. The minimum atomic E-state index is 1.23. The van der Waals surface area contributed by atoms with Crippen molar-refractivity contribution in [2.75, 3.05) is 0 Å². The topological polar surface area (TPSA) is 8.81 Å². The second-order valence-electron chi connectivity index (χ2n) is 16.2. The molecule has 0 N–H and O–H groups in total. The van der Waals surface area contributed by atoms with E-state index in [0.717, 1.165) is 0 Å². The van der Waals surface area contributed by atoms with Crippen molar-refractivity contribution in [3.63, 3.8) is 0 Å². The molecule has 49 heavy (non-hydrogen) atoms. The normalized spacial score (nSPS) is 11.7. The zero-order valence-electron chi connectivity index (χ0n) is 34.5. The molecule has 2 nitrogen and oxygen atoms in total. The fourth-order valence-corrected chi connectivity index (χ4v) is 7.92. The molecule has 0 aliphatic rings. The van der Waals surface area contributed by atoms with Gasteiger partial charge in [0.25, 0.3) is 5.82 Å². The summed E-state index contributed by atoms with van der Waals surface area (Å²) in [6.45, 7) is 9.41. The molecule has 2 heteroatoms. The van der Waals surface area contributed by atoms with Gasteiger partial charge in [-0.1, -0.05) is 233 Å². The Morgan fingerprint density at radius 3 is 0.980 bits per heavy atom. The second kappa shape index (κ2) is 38.4. The molecule has 290 valence electrons. The van der Waals surface area contributed by atoms with Crippen LogP contribution in [0.4, 0.5) is 0 Å². The summed E-state index contributed by atoms with van der Waals surface area (Å²) in [4.78, 5) is 0. The highest BCUT2D eigenvalue weighted by Crippen LogP contribution is 2.16. The molecular formula is C47H93N2+. The van der Waals surface area contributed by atoms with Gasteiger partial charge in [0.05, 0.1) is 13.1 Å². The largest absolute Gasteiger partial charge is 0.256 e. The zero-order valence-corrected chi connectivity index (χ0v) is 34.5. The maximum Gasteiger partial charge on any atom is 0.256 e. The molecule has 0 aliphatic heterocycles. The highest BCUT2D eigenvalue weighted by molar-refractivity contribution is 4.84. The molecule has 0 bridgehead atoms. The number of aryl methyl sites for hydroxylation is 2. The van der Waals surface area contributed by atoms with Crippen molar-refractivity contribution >= 4 is 0 Å². The van der Waals surface area contributed by atoms with Gasteiger partial charge in [0.1, 0.15) is 12.4 Å². The lowest BCUT2D eigenvalue weighted by Gasteiger charge is -2.07. The van der Waals surface area contributed by atoms with Gasteiger partial charge in [-0.15, -0.1) is 0 Å². The number of hydrogen-bond acceptors (Lipinski definition) is 0. The van der Waals surface area contributed by atoms with Crippen LogP contribution in [0.5, 0.6) is 0 Å². The molecule has 1 aromatic heterocycles. The number of hydrogen-bond donors (Lipinski definition) is 0. The number of nitrogens with zero attached hydrogens (tertiary/aromatic N) is 2. The lowest BCUT2D eigenvalue weighted by Crippen LogP contribution is -2.37. The molecule has 1 heterocycles. The molecule has 0 spiro atoms. The van der Waals surface area contributed by atoms with Crippen molar-refractivity contribution in [3.8, 4) is 0 Å². The predicted molar refractivity (Wildman–Crippen MR) is 221 cm³/mol. The monoisotopic (exact) mass is 686 g/mol. The smallest absolute Gasteiger partial charge is 0.234 e. The number of unbranched alkanes of at least 4 members (excludes halogenated alkanes) is 35. The van der Waals surface area contributed by atoms with Crippen molar-refractivity contribution in [2.24, 2.45) is 0 Å². The van der Waals surface area contributed by atoms with Crippen molar-refractivity contribution in [2.45, 2.75) is 284 Å². The van der Waals surface area contributed by atoms with Crippen molar-refractivity contribution < 1.29 is 4.57 Å². The lowest BCUT2D eigenvalue weighted by atomic mass is 10.0. The fraction of sp³-hybridized carbons (Fsp3) is 0.936. The van der Waals surface area contributed by atoms with Crippen molar-refractivity contribution in [3.05, 3.63) is 18.2 Å². The summed E-state index contributed by atoms with van der Waals surface area (Å²) >= 11 is 0. The average Bonchev–Trinajstić information content (AvgIpc) is 3.50. The van der Waals surface area contributed by atoms with Gasteiger partial charge in [0.2, 0.25) is 0 Å². The highest BCUT2D eigenvalue weighted by Gasteiger charge is 2.16. The molecule has 0 aliphatic carbocycles. The van der Waals surface area contributed by atoms with Crippen LogP contribution in [0.25, 0.3) is 0 Å². The molecule has 0 amide bonds. The van der Waals surface area contributed by atoms with E-state index >= 15 is 0 Å². The van der Waals surface area contributed by atoms with Gasteiger partial charge in [0, 0.05) is 6.42 Å². The number of imidazole rings is 1. The van der Waals surface area contributed by atoms with E-state index in [1.54, 1.807) is 5.82 Å². The Hall–Kier alpha value is -0.790. The summed E-state index contributed by atoms with van der Waals surface area (Å²) < 4.78 is 5.29. The molecule has 0 saturated carbocycles. The first-order valence-electron chi connectivity index (χ1n) is 23.4. The third-order valence-electron chi connectivity index (χ3n) is 11.3. The van der Waals surface area contributed by atoms with Crippen LogP contribution in [0.1, 0.15) is 271 Å². The third-order valence-corrected chi connectivity index (χ3v) is 11.3. The first-order valence-corrected chi connectivity index (χ1v) is 23.4. The summed E-state index contributed by atoms with van der Waals surface area (Å²) in [5.41, 5.74) is 0. The molecule has 0 radical (unpaired) electrons. The van der Waals surface area contributed by atoms with E-state index in [1.165, 1.54) is 264 Å². The highest BCUT2D eigenvalue weighted by atomic mass is 15.1. The molecular weight excluding hydrogens is 593 g/mol. The molecule has 0 saturated heterocycles. The summed E-state index contributed by atoms with van der Waals surface area (Å²) in [7, 11) is 0. The van der Waals surface area contributed by atoms with E-state index < -0.39 is 0 Å². The average molecular weight is 686 g/mol. The summed E-state index contributed by atoms with van der Waals surface area (Å²) in [5, 5.41) is 0. The maximum absolute atomic E-state index is 2.65. The standard InChI is InChI=1S/C47H93N2/c1-4-7-10-13-16-19-21-23-24-25-26-27-29-31-33-36-39-42-47-48(43-40-37-34-18-15-12-9-6-3)45-46-49(47)44-41-38-35-32-30-28-22-20-17-14-11-8-5-2/h45-46H,4-44H2,1-3H3/q+1. The summed E-state index contributed by atoms with van der Waals surface area (Å²) in [5.74, 6) is 1.63. The fourth-order valence-electron chi connectivity index (χ4n) is 7.92. The SMILES string of the molecule is CCCCCCCCCCCCCCCCCCCc1n(CCCCCCCCCCCCCCC)cc[n+]1CCCCCCCCCC. The maximum atomic E-state index is 2.65. The third kappa shape index (κ3) is 30.5. The van der Waals surface area contributed by atoms with E-state index in [4.69, 9.17) is 0 Å². The van der Waals surface area contributed by atoms with E-state index in [2.05, 4.69) is 42.3 Å². The van der Waals surface area contributed by atoms with Crippen LogP contribution < -0.4 is 4.57 Å². The molecule has 0 unspecified atom stereocenters. The van der Waals surface area contributed by atoms with Crippen molar-refractivity contribution in [1.82, 2.24) is 4.57 Å². The first-order chi connectivity index (χ1) is 24.3. The van der Waals surface area contributed by atoms with Crippen LogP contribution in [0.15, 0.2) is 12.4 Å². The Morgan fingerprint density at radius 2 is 0.633 bits per heavy atom. The van der Waals surface area contributed by atoms with Crippen LogP contribution >= 0.6 is 0 Å². The van der Waals surface area contributed by atoms with Crippen LogP contribution in [0.2, 0.25) is 0 Å². The lowest BCUT2D eigenvalue weighted by molar-refractivity contribution is -0.704. The quantitative estimate of drug-likeness (QED) is 0.0479. The zero-order chi connectivity index (χ0) is 35.1. The van der Waals surface area contributed by atoms with Gasteiger partial charge in [-0.05, 0) is 32.1 Å². The molecule has 0 aromatic carbocycles. The van der Waals surface area contributed by atoms with Gasteiger partial charge in [-0.2, -0.15) is 0 Å². The van der Waals surface area contributed by atoms with Gasteiger partial charge in [-0.3, -0.25) is 0 Å². The molecule has 0 fully saturated rings. The summed E-state index contributed by atoms with van der Waals surface area (Å²) in [6.07, 6.45) is 60.8. The molecule has 1 rings (SSSR count). The van der Waals surface area contributed by atoms with E-state index in [0.29, 0.717) is 0 Å². The predicted octanol–water partition coefficient (Wildman–Crippen LogP) is 16.2. The van der Waals surface area contributed by atoms with Crippen molar-refractivity contribution in [1.29, 1.82) is 0 Å². The Bertz CT molecular complexity index is 751. The first kappa shape index (κ1) is 46.2. The van der Waals surface area contributed by atoms with Gasteiger partial charge < -0.3 is 0 Å². The van der Waals surface area contributed by atoms with Crippen LogP contribution in [0, 0.1) is 0 Å². The Morgan fingerprint density at radius 1 is 0.347 bits per heavy atom. The van der Waals surface area contributed by atoms with E-state index in [9.17, 15) is 0 Å². The Kier molecular flexibility index (Phi) is 36.3. The van der Waals surface area contributed by atoms with Crippen LogP contribution in [0.3, 0.4) is 0 Å². The van der Waals surface area contributed by atoms with Gasteiger partial charge in [0.15, 0.2) is 0 Å². The van der Waals surface area contributed by atoms with Gasteiger partial charge >= 0.3 is 0 Å². The number of aromatic nitrogens is 2.